The largest absolute Gasteiger partial charge is 0.416 e. The van der Waals surface area contributed by atoms with Crippen LogP contribution in [-0.2, 0) is 11.0 Å². The number of benzene rings is 1. The highest BCUT2D eigenvalue weighted by Crippen LogP contribution is 2.33. The van der Waals surface area contributed by atoms with Gasteiger partial charge in [-0.2, -0.15) is 18.3 Å². The quantitative estimate of drug-likeness (QED) is 0.773. The Hall–Kier alpha value is -3.17. The van der Waals surface area contributed by atoms with Crippen LogP contribution in [0.3, 0.4) is 0 Å². The summed E-state index contributed by atoms with van der Waals surface area (Å²) in [6.45, 7) is 1.96. The highest BCUT2D eigenvalue weighted by Gasteiger charge is 2.37. The van der Waals surface area contributed by atoms with E-state index in [1.165, 1.54) is 27.9 Å². The second-order valence-electron chi connectivity index (χ2n) is 7.61. The topological polar surface area (TPSA) is 84.3 Å². The number of alkyl halides is 3. The number of fused-ring (bicyclic) bond motifs is 1. The van der Waals surface area contributed by atoms with Crippen molar-refractivity contribution in [1.29, 1.82) is 0 Å². The second kappa shape index (κ2) is 7.26. The Bertz CT molecular complexity index is 1010. The fourth-order valence-electron chi connectivity index (χ4n) is 3.63. The van der Waals surface area contributed by atoms with Crippen molar-refractivity contribution in [3.63, 3.8) is 0 Å². The van der Waals surface area contributed by atoms with Gasteiger partial charge in [0.05, 0.1) is 23.4 Å². The standard InChI is InChI=1S/C20H19F3N4O3/c1-11-10-26(14-7-5-13(6-8-14)20(21,22)23)19(30)16-15(9-24-27(11)16)18(29)25-17(28)12-3-2-4-12/h5-9,11-12H,2-4,10H2,1H3,(H,25,28,29). The van der Waals surface area contributed by atoms with Gasteiger partial charge in [-0.1, -0.05) is 6.42 Å². The van der Waals surface area contributed by atoms with Crippen LogP contribution in [-0.4, -0.2) is 34.0 Å². The van der Waals surface area contributed by atoms with Gasteiger partial charge >= 0.3 is 6.18 Å². The van der Waals surface area contributed by atoms with E-state index in [1.807, 2.05) is 0 Å². The molecule has 7 nitrogen and oxygen atoms in total. The summed E-state index contributed by atoms with van der Waals surface area (Å²) in [6, 6.07) is 3.94. The van der Waals surface area contributed by atoms with E-state index in [2.05, 4.69) is 10.4 Å². The minimum atomic E-state index is -4.48. The molecule has 1 unspecified atom stereocenters. The number of nitrogens with zero attached hydrogens (tertiary/aromatic N) is 3. The number of rotatable bonds is 3. The molecule has 30 heavy (non-hydrogen) atoms. The minimum Gasteiger partial charge on any atom is -0.305 e. The number of hydrogen-bond acceptors (Lipinski definition) is 4. The Labute approximate surface area is 169 Å². The monoisotopic (exact) mass is 420 g/mol. The van der Waals surface area contributed by atoms with E-state index < -0.39 is 23.6 Å². The predicted octanol–water partition coefficient (Wildman–Crippen LogP) is 3.18. The lowest BCUT2D eigenvalue weighted by Gasteiger charge is -2.32. The number of amides is 3. The van der Waals surface area contributed by atoms with Gasteiger partial charge < -0.3 is 4.90 Å². The Morgan fingerprint density at radius 1 is 1.17 bits per heavy atom. The van der Waals surface area contributed by atoms with Crippen LogP contribution >= 0.6 is 0 Å². The number of hydrogen-bond donors (Lipinski definition) is 1. The fourth-order valence-corrected chi connectivity index (χ4v) is 3.63. The number of carbonyl (C=O) groups is 3. The molecule has 0 spiro atoms. The van der Waals surface area contributed by atoms with Crippen LogP contribution in [0.1, 0.15) is 58.6 Å². The molecule has 1 aromatic heterocycles. The first-order valence-corrected chi connectivity index (χ1v) is 9.58. The zero-order chi connectivity index (χ0) is 21.6. The Kier molecular flexibility index (Phi) is 4.87. The van der Waals surface area contributed by atoms with Crippen molar-refractivity contribution in [3.05, 3.63) is 47.3 Å². The summed E-state index contributed by atoms with van der Waals surface area (Å²) >= 11 is 0. The zero-order valence-electron chi connectivity index (χ0n) is 16.1. The summed E-state index contributed by atoms with van der Waals surface area (Å²) < 4.78 is 39.9. The van der Waals surface area contributed by atoms with Crippen LogP contribution < -0.4 is 10.2 Å². The molecule has 1 atom stereocenters. The van der Waals surface area contributed by atoms with Crippen LogP contribution in [0.4, 0.5) is 18.9 Å². The maximum atomic E-state index is 13.1. The van der Waals surface area contributed by atoms with Crippen LogP contribution in [0.25, 0.3) is 0 Å². The summed E-state index contributed by atoms with van der Waals surface area (Å²) in [4.78, 5) is 39.1. The summed E-state index contributed by atoms with van der Waals surface area (Å²) in [5, 5.41) is 6.44. The van der Waals surface area contributed by atoms with Crippen molar-refractivity contribution in [2.45, 2.75) is 38.4 Å². The van der Waals surface area contributed by atoms with Gasteiger partial charge in [-0.3, -0.25) is 24.4 Å². The van der Waals surface area contributed by atoms with Gasteiger partial charge in [0, 0.05) is 18.2 Å². The maximum Gasteiger partial charge on any atom is 0.416 e. The van der Waals surface area contributed by atoms with Gasteiger partial charge in [0.2, 0.25) is 5.91 Å². The van der Waals surface area contributed by atoms with E-state index in [0.717, 1.165) is 31.4 Å². The smallest absolute Gasteiger partial charge is 0.305 e. The predicted molar refractivity (Wildman–Crippen MR) is 99.9 cm³/mol. The molecule has 1 aliphatic carbocycles. The summed E-state index contributed by atoms with van der Waals surface area (Å²) in [5.41, 5.74) is -0.559. The minimum absolute atomic E-state index is 0.00700. The van der Waals surface area contributed by atoms with E-state index >= 15 is 0 Å². The molecule has 1 aliphatic heterocycles. The summed E-state index contributed by atoms with van der Waals surface area (Å²) in [6.07, 6.45) is -0.850. The summed E-state index contributed by atoms with van der Waals surface area (Å²) in [5.74, 6) is -1.84. The third kappa shape index (κ3) is 3.46. The average Bonchev–Trinajstić information content (AvgIpc) is 3.09. The van der Waals surface area contributed by atoms with Crippen LogP contribution in [0, 0.1) is 5.92 Å². The molecular formula is C20H19F3N4O3. The van der Waals surface area contributed by atoms with Crippen molar-refractivity contribution in [2.24, 2.45) is 5.92 Å². The molecule has 2 aromatic rings. The lowest BCUT2D eigenvalue weighted by atomic mass is 9.85. The van der Waals surface area contributed by atoms with Crippen molar-refractivity contribution >= 4 is 23.4 Å². The fraction of sp³-hybridized carbons (Fsp3) is 0.400. The lowest BCUT2D eigenvalue weighted by molar-refractivity contribution is -0.137. The van der Waals surface area contributed by atoms with Gasteiger partial charge in [-0.25, -0.2) is 0 Å². The zero-order valence-corrected chi connectivity index (χ0v) is 16.1. The van der Waals surface area contributed by atoms with Gasteiger partial charge in [-0.05, 0) is 44.0 Å². The van der Waals surface area contributed by atoms with Gasteiger partial charge in [0.1, 0.15) is 5.69 Å². The van der Waals surface area contributed by atoms with Crippen LogP contribution in [0.2, 0.25) is 0 Å². The van der Waals surface area contributed by atoms with Gasteiger partial charge in [-0.15, -0.1) is 0 Å². The average molecular weight is 420 g/mol. The first kappa shape index (κ1) is 20.1. The maximum absolute atomic E-state index is 13.1. The molecule has 0 radical (unpaired) electrons. The number of carbonyl (C=O) groups excluding carboxylic acids is 3. The number of aromatic nitrogens is 2. The van der Waals surface area contributed by atoms with Crippen molar-refractivity contribution in [1.82, 2.24) is 15.1 Å². The van der Waals surface area contributed by atoms with E-state index in [1.54, 1.807) is 6.92 Å². The first-order chi connectivity index (χ1) is 14.2. The number of halogens is 3. The van der Waals surface area contributed by atoms with Crippen molar-refractivity contribution < 1.29 is 27.6 Å². The molecular weight excluding hydrogens is 401 g/mol. The third-order valence-corrected chi connectivity index (χ3v) is 5.57. The van der Waals surface area contributed by atoms with E-state index in [4.69, 9.17) is 0 Å². The molecule has 0 bridgehead atoms. The Balaban J connectivity index is 1.61. The van der Waals surface area contributed by atoms with Gasteiger partial charge in [0.15, 0.2) is 0 Å². The molecule has 1 aromatic carbocycles. The normalized spacial score (nSPS) is 19.3. The molecule has 0 saturated heterocycles. The van der Waals surface area contributed by atoms with E-state index in [9.17, 15) is 27.6 Å². The molecule has 1 fully saturated rings. The first-order valence-electron chi connectivity index (χ1n) is 9.58. The molecule has 4 rings (SSSR count). The van der Waals surface area contributed by atoms with Crippen LogP contribution in [0.5, 0.6) is 0 Å². The number of imide groups is 1. The molecule has 158 valence electrons. The van der Waals surface area contributed by atoms with Crippen LogP contribution in [0.15, 0.2) is 30.5 Å². The van der Waals surface area contributed by atoms with E-state index in [0.29, 0.717) is 0 Å². The molecule has 2 aliphatic rings. The molecule has 1 saturated carbocycles. The van der Waals surface area contributed by atoms with Crippen molar-refractivity contribution in [3.8, 4) is 0 Å². The van der Waals surface area contributed by atoms with Crippen molar-refractivity contribution in [2.75, 3.05) is 11.4 Å². The number of anilines is 1. The SMILES string of the molecule is CC1CN(c2ccc(C(F)(F)F)cc2)C(=O)c2c(C(=O)NC(=O)C3CCC3)cnn21. The lowest BCUT2D eigenvalue weighted by Crippen LogP contribution is -2.44. The second-order valence-corrected chi connectivity index (χ2v) is 7.61. The number of nitrogens with one attached hydrogen (secondary N) is 1. The Morgan fingerprint density at radius 2 is 1.83 bits per heavy atom. The van der Waals surface area contributed by atoms with E-state index in [-0.39, 0.29) is 41.4 Å². The highest BCUT2D eigenvalue weighted by atomic mass is 19.4. The highest BCUT2D eigenvalue weighted by molar-refractivity contribution is 6.15. The third-order valence-electron chi connectivity index (χ3n) is 5.57. The Morgan fingerprint density at radius 3 is 2.40 bits per heavy atom. The molecule has 10 heteroatoms. The molecule has 1 N–H and O–H groups in total. The van der Waals surface area contributed by atoms with Gasteiger partial charge in [0.25, 0.3) is 11.8 Å². The molecule has 3 amide bonds. The summed E-state index contributed by atoms with van der Waals surface area (Å²) in [7, 11) is 0. The molecule has 2 heterocycles.